The zero-order chi connectivity index (χ0) is 11.2. The molecule has 1 aromatic carbocycles. The fourth-order valence-electron chi connectivity index (χ4n) is 1.72. The van der Waals surface area contributed by atoms with E-state index in [-0.39, 0.29) is 0 Å². The van der Waals surface area contributed by atoms with E-state index in [4.69, 9.17) is 9.94 Å². The summed E-state index contributed by atoms with van der Waals surface area (Å²) in [5.74, 6) is 0.720. The standard InChI is InChI=1S/C13H15NO2/c15-14-12-8-4-5-9-13(12)16-10-11-6-2-1-3-7-11/h1-3,6-7,9,15H,4-5,8,10H2/b14-12-. The normalized spacial score (nSPS) is 18.2. The Morgan fingerprint density at radius 1 is 1.25 bits per heavy atom. The van der Waals surface area contributed by atoms with Crippen LogP contribution >= 0.6 is 0 Å². The predicted octanol–water partition coefficient (Wildman–Crippen LogP) is 3.10. The van der Waals surface area contributed by atoms with Crippen LogP contribution in [0.3, 0.4) is 0 Å². The van der Waals surface area contributed by atoms with E-state index in [1.165, 1.54) is 0 Å². The van der Waals surface area contributed by atoms with Crippen molar-refractivity contribution in [2.45, 2.75) is 25.9 Å². The van der Waals surface area contributed by atoms with Crippen molar-refractivity contribution in [3.8, 4) is 0 Å². The first-order chi connectivity index (χ1) is 7.90. The van der Waals surface area contributed by atoms with E-state index < -0.39 is 0 Å². The van der Waals surface area contributed by atoms with Crippen LogP contribution in [0.1, 0.15) is 24.8 Å². The number of hydrogen-bond acceptors (Lipinski definition) is 3. The lowest BCUT2D eigenvalue weighted by molar-refractivity contribution is 0.210. The molecule has 0 saturated heterocycles. The first-order valence-corrected chi connectivity index (χ1v) is 5.48. The van der Waals surface area contributed by atoms with Gasteiger partial charge in [0.2, 0.25) is 0 Å². The van der Waals surface area contributed by atoms with Crippen molar-refractivity contribution in [1.29, 1.82) is 0 Å². The lowest BCUT2D eigenvalue weighted by Gasteiger charge is -2.15. The molecule has 0 spiro atoms. The fourth-order valence-corrected chi connectivity index (χ4v) is 1.72. The molecule has 3 heteroatoms. The van der Waals surface area contributed by atoms with Gasteiger partial charge in [-0.25, -0.2) is 0 Å². The van der Waals surface area contributed by atoms with Crippen LogP contribution in [0, 0.1) is 0 Å². The largest absolute Gasteiger partial charge is 0.487 e. The van der Waals surface area contributed by atoms with Crippen LogP contribution in [0.4, 0.5) is 0 Å². The zero-order valence-electron chi connectivity index (χ0n) is 9.10. The number of hydrogen-bond donors (Lipinski definition) is 1. The van der Waals surface area contributed by atoms with E-state index in [2.05, 4.69) is 5.16 Å². The molecular weight excluding hydrogens is 202 g/mol. The predicted molar refractivity (Wildman–Crippen MR) is 62.4 cm³/mol. The fraction of sp³-hybridized carbons (Fsp3) is 0.308. The molecule has 0 heterocycles. The summed E-state index contributed by atoms with van der Waals surface area (Å²) in [7, 11) is 0. The molecule has 2 rings (SSSR count). The van der Waals surface area contributed by atoms with Crippen LogP contribution in [0.5, 0.6) is 0 Å². The van der Waals surface area contributed by atoms with Crippen LogP contribution in [-0.2, 0) is 11.3 Å². The van der Waals surface area contributed by atoms with Crippen molar-refractivity contribution in [3.63, 3.8) is 0 Å². The van der Waals surface area contributed by atoms with Gasteiger partial charge in [-0.3, -0.25) is 0 Å². The van der Waals surface area contributed by atoms with Crippen molar-refractivity contribution < 1.29 is 9.94 Å². The molecule has 0 bridgehead atoms. The maximum atomic E-state index is 8.83. The summed E-state index contributed by atoms with van der Waals surface area (Å²) in [5.41, 5.74) is 1.77. The van der Waals surface area contributed by atoms with Crippen molar-refractivity contribution >= 4 is 5.71 Å². The van der Waals surface area contributed by atoms with E-state index >= 15 is 0 Å². The maximum Gasteiger partial charge on any atom is 0.140 e. The molecule has 0 fully saturated rings. The van der Waals surface area contributed by atoms with Gasteiger partial charge in [0.1, 0.15) is 18.1 Å². The zero-order valence-corrected chi connectivity index (χ0v) is 9.10. The Hall–Kier alpha value is -1.77. The number of oxime groups is 1. The molecule has 1 N–H and O–H groups in total. The molecule has 0 unspecified atom stereocenters. The molecule has 3 nitrogen and oxygen atoms in total. The van der Waals surface area contributed by atoms with Gasteiger partial charge >= 0.3 is 0 Å². The second kappa shape index (κ2) is 5.35. The molecule has 0 atom stereocenters. The second-order valence-corrected chi connectivity index (χ2v) is 3.78. The Morgan fingerprint density at radius 2 is 2.06 bits per heavy atom. The minimum absolute atomic E-state index is 0.520. The van der Waals surface area contributed by atoms with Crippen LogP contribution in [-0.4, -0.2) is 10.9 Å². The molecule has 0 saturated carbocycles. The first-order valence-electron chi connectivity index (χ1n) is 5.48. The van der Waals surface area contributed by atoms with Gasteiger partial charge in [0.15, 0.2) is 0 Å². The van der Waals surface area contributed by atoms with Crippen LogP contribution < -0.4 is 0 Å². The van der Waals surface area contributed by atoms with Crippen molar-refractivity contribution in [2.24, 2.45) is 5.16 Å². The average Bonchev–Trinajstić information content (AvgIpc) is 2.38. The highest BCUT2D eigenvalue weighted by Crippen LogP contribution is 2.17. The van der Waals surface area contributed by atoms with Crippen LogP contribution in [0.15, 0.2) is 47.3 Å². The Kier molecular flexibility index (Phi) is 3.59. The summed E-state index contributed by atoms with van der Waals surface area (Å²) in [4.78, 5) is 0. The second-order valence-electron chi connectivity index (χ2n) is 3.78. The molecule has 0 aliphatic heterocycles. The van der Waals surface area contributed by atoms with E-state index in [1.807, 2.05) is 36.4 Å². The Bertz CT molecular complexity index is 396. The van der Waals surface area contributed by atoms with Crippen LogP contribution in [0.25, 0.3) is 0 Å². The molecule has 1 aliphatic carbocycles. The molecule has 1 aliphatic rings. The quantitative estimate of drug-likeness (QED) is 0.624. The minimum Gasteiger partial charge on any atom is -0.487 e. The van der Waals surface area contributed by atoms with Gasteiger partial charge in [-0.2, -0.15) is 0 Å². The number of allylic oxidation sites excluding steroid dienone is 2. The number of rotatable bonds is 3. The topological polar surface area (TPSA) is 41.8 Å². The monoisotopic (exact) mass is 217 g/mol. The van der Waals surface area contributed by atoms with Gasteiger partial charge < -0.3 is 9.94 Å². The summed E-state index contributed by atoms with van der Waals surface area (Å²) in [6.07, 6.45) is 4.79. The highest BCUT2D eigenvalue weighted by Gasteiger charge is 2.13. The molecular formula is C13H15NO2. The summed E-state index contributed by atoms with van der Waals surface area (Å²) in [6, 6.07) is 9.96. The summed E-state index contributed by atoms with van der Waals surface area (Å²) < 4.78 is 5.64. The highest BCUT2D eigenvalue weighted by molar-refractivity contribution is 5.98. The van der Waals surface area contributed by atoms with Crippen molar-refractivity contribution in [3.05, 3.63) is 47.7 Å². The Labute approximate surface area is 95.0 Å². The smallest absolute Gasteiger partial charge is 0.140 e. The SMILES string of the molecule is O/N=C1/CCCC=C1OCc1ccccc1. The maximum absolute atomic E-state index is 8.83. The molecule has 0 amide bonds. The lowest BCUT2D eigenvalue weighted by atomic mass is 10.0. The van der Waals surface area contributed by atoms with Crippen molar-refractivity contribution in [2.75, 3.05) is 0 Å². The number of ether oxygens (including phenoxy) is 1. The van der Waals surface area contributed by atoms with Gasteiger partial charge in [0, 0.05) is 0 Å². The Morgan fingerprint density at radius 3 is 2.81 bits per heavy atom. The lowest BCUT2D eigenvalue weighted by Crippen LogP contribution is -2.10. The molecule has 84 valence electrons. The molecule has 0 radical (unpaired) electrons. The first kappa shape index (κ1) is 10.7. The summed E-state index contributed by atoms with van der Waals surface area (Å²) in [6.45, 7) is 0.520. The highest BCUT2D eigenvalue weighted by atomic mass is 16.5. The van der Waals surface area contributed by atoms with E-state index in [0.29, 0.717) is 12.3 Å². The third-order valence-electron chi connectivity index (χ3n) is 2.59. The minimum atomic E-state index is 0.520. The van der Waals surface area contributed by atoms with E-state index in [0.717, 1.165) is 30.6 Å². The number of nitrogens with zero attached hydrogens (tertiary/aromatic N) is 1. The molecule has 0 aromatic heterocycles. The average molecular weight is 217 g/mol. The van der Waals surface area contributed by atoms with Crippen molar-refractivity contribution in [1.82, 2.24) is 0 Å². The van der Waals surface area contributed by atoms with Gasteiger partial charge in [-0.1, -0.05) is 35.5 Å². The molecule has 16 heavy (non-hydrogen) atoms. The third-order valence-corrected chi connectivity index (χ3v) is 2.59. The van der Waals surface area contributed by atoms with E-state index in [9.17, 15) is 0 Å². The summed E-state index contributed by atoms with van der Waals surface area (Å²) in [5, 5.41) is 12.1. The Balaban J connectivity index is 1.97. The van der Waals surface area contributed by atoms with E-state index in [1.54, 1.807) is 0 Å². The van der Waals surface area contributed by atoms with Gasteiger partial charge in [0.05, 0.1) is 0 Å². The van der Waals surface area contributed by atoms with Gasteiger partial charge in [-0.05, 0) is 30.9 Å². The van der Waals surface area contributed by atoms with Gasteiger partial charge in [-0.15, -0.1) is 0 Å². The van der Waals surface area contributed by atoms with Crippen LogP contribution in [0.2, 0.25) is 0 Å². The summed E-state index contributed by atoms with van der Waals surface area (Å²) >= 11 is 0. The number of benzene rings is 1. The van der Waals surface area contributed by atoms with Gasteiger partial charge in [0.25, 0.3) is 0 Å². The third kappa shape index (κ3) is 2.63. The molecule has 1 aromatic rings.